The van der Waals surface area contributed by atoms with Crippen LogP contribution in [0.3, 0.4) is 0 Å². The second-order valence-corrected chi connectivity index (χ2v) is 6.81. The molecule has 7 heteroatoms. The van der Waals surface area contributed by atoms with Crippen LogP contribution >= 0.6 is 12.4 Å². The zero-order chi connectivity index (χ0) is 19.4. The van der Waals surface area contributed by atoms with Crippen molar-refractivity contribution in [2.24, 2.45) is 0 Å². The van der Waals surface area contributed by atoms with Gasteiger partial charge in [0, 0.05) is 12.1 Å². The summed E-state index contributed by atoms with van der Waals surface area (Å²) in [5, 5.41) is 7.51. The van der Waals surface area contributed by atoms with Crippen LogP contribution in [-0.4, -0.2) is 20.7 Å². The van der Waals surface area contributed by atoms with E-state index in [0.29, 0.717) is 24.3 Å². The molecule has 148 valence electrons. The van der Waals surface area contributed by atoms with Gasteiger partial charge in [-0.25, -0.2) is 4.98 Å². The lowest BCUT2D eigenvalue weighted by atomic mass is 10.1. The van der Waals surface area contributed by atoms with Gasteiger partial charge in [0.05, 0.1) is 24.1 Å². The molecular weight excluding hydrogens is 374 g/mol. The third kappa shape index (κ3) is 5.33. The maximum atomic E-state index is 12.2. The molecule has 1 aromatic carbocycles. The minimum absolute atomic E-state index is 0. The van der Waals surface area contributed by atoms with Gasteiger partial charge in [0.25, 0.3) is 0 Å². The van der Waals surface area contributed by atoms with E-state index in [1.807, 2.05) is 11.6 Å². The van der Waals surface area contributed by atoms with Crippen LogP contribution in [0.25, 0.3) is 0 Å². The number of hydrogen-bond acceptors (Lipinski definition) is 4. The number of carbonyl (C=O) groups excluding carboxylic acids is 1. The minimum Gasteiger partial charge on any atom is -0.384 e. The van der Waals surface area contributed by atoms with E-state index in [-0.39, 0.29) is 18.3 Å². The van der Waals surface area contributed by atoms with Gasteiger partial charge in [-0.2, -0.15) is 5.10 Å². The third-order valence-corrected chi connectivity index (χ3v) is 4.66. The maximum Gasteiger partial charge on any atom is 0.224 e. The van der Waals surface area contributed by atoms with Crippen LogP contribution in [0.1, 0.15) is 34.5 Å². The van der Waals surface area contributed by atoms with Crippen molar-refractivity contribution in [2.75, 3.05) is 11.1 Å². The van der Waals surface area contributed by atoms with Gasteiger partial charge in [0.1, 0.15) is 5.82 Å². The summed E-state index contributed by atoms with van der Waals surface area (Å²) in [4.78, 5) is 16.2. The number of benzene rings is 1. The largest absolute Gasteiger partial charge is 0.384 e. The lowest BCUT2D eigenvalue weighted by Crippen LogP contribution is -2.13. The Labute approximate surface area is 171 Å². The highest BCUT2D eigenvalue weighted by Gasteiger charge is 2.13. The number of nitrogen functional groups attached to an aromatic ring is 1. The molecule has 3 N–H and O–H groups in total. The van der Waals surface area contributed by atoms with Gasteiger partial charge < -0.3 is 11.1 Å². The molecule has 0 radical (unpaired) electrons. The molecule has 0 spiro atoms. The van der Waals surface area contributed by atoms with Crippen LogP contribution in [0.15, 0.2) is 42.6 Å². The molecule has 1 amide bonds. The van der Waals surface area contributed by atoms with Crippen molar-refractivity contribution >= 4 is 29.8 Å². The van der Waals surface area contributed by atoms with Crippen molar-refractivity contribution < 1.29 is 4.79 Å². The molecule has 0 unspecified atom stereocenters. The number of aryl methyl sites for hydroxylation is 2. The summed E-state index contributed by atoms with van der Waals surface area (Å²) in [6, 6.07) is 11.9. The number of amides is 1. The summed E-state index contributed by atoms with van der Waals surface area (Å²) >= 11 is 0. The molecule has 3 rings (SSSR count). The normalized spacial score (nSPS) is 10.4. The molecule has 3 aromatic rings. The third-order valence-electron chi connectivity index (χ3n) is 4.66. The number of hydrogen-bond donors (Lipinski definition) is 2. The van der Waals surface area contributed by atoms with E-state index >= 15 is 0 Å². The first-order valence-electron chi connectivity index (χ1n) is 9.02. The average Bonchev–Trinajstić information content (AvgIpc) is 2.90. The first kappa shape index (κ1) is 21.4. The van der Waals surface area contributed by atoms with Gasteiger partial charge in [0.2, 0.25) is 5.91 Å². The van der Waals surface area contributed by atoms with Gasteiger partial charge in [-0.3, -0.25) is 9.48 Å². The van der Waals surface area contributed by atoms with Crippen molar-refractivity contribution in [3.05, 3.63) is 70.7 Å². The number of halogens is 1. The Morgan fingerprint density at radius 2 is 1.82 bits per heavy atom. The van der Waals surface area contributed by atoms with Crippen LogP contribution in [0.4, 0.5) is 11.5 Å². The molecule has 2 aromatic heterocycles. The molecule has 0 saturated heterocycles. The number of rotatable bonds is 6. The lowest BCUT2D eigenvalue weighted by Gasteiger charge is -2.07. The summed E-state index contributed by atoms with van der Waals surface area (Å²) < 4.78 is 2.01. The smallest absolute Gasteiger partial charge is 0.224 e. The summed E-state index contributed by atoms with van der Waals surface area (Å²) in [6.07, 6.45) is 2.60. The topological polar surface area (TPSA) is 85.8 Å². The first-order chi connectivity index (χ1) is 12.9. The van der Waals surface area contributed by atoms with Crippen LogP contribution in [0, 0.1) is 20.8 Å². The molecule has 0 fully saturated rings. The highest BCUT2D eigenvalue weighted by Crippen LogP contribution is 2.17. The van der Waals surface area contributed by atoms with E-state index in [1.54, 1.807) is 18.3 Å². The second-order valence-electron chi connectivity index (χ2n) is 6.81. The number of nitrogens with zero attached hydrogens (tertiary/aromatic N) is 3. The molecule has 6 nitrogen and oxygen atoms in total. The number of pyridine rings is 1. The van der Waals surface area contributed by atoms with Crippen LogP contribution < -0.4 is 11.1 Å². The van der Waals surface area contributed by atoms with Crippen molar-refractivity contribution in [1.82, 2.24) is 14.8 Å². The monoisotopic (exact) mass is 399 g/mol. The molecule has 0 aliphatic carbocycles. The molecule has 0 saturated carbocycles. The van der Waals surface area contributed by atoms with Crippen molar-refractivity contribution in [3.63, 3.8) is 0 Å². The van der Waals surface area contributed by atoms with Gasteiger partial charge in [-0.1, -0.05) is 29.8 Å². The Hall–Kier alpha value is -2.86. The Morgan fingerprint density at radius 3 is 2.46 bits per heavy atom. The van der Waals surface area contributed by atoms with E-state index < -0.39 is 0 Å². The van der Waals surface area contributed by atoms with E-state index in [0.717, 1.165) is 23.5 Å². The summed E-state index contributed by atoms with van der Waals surface area (Å²) in [5.41, 5.74) is 11.9. The lowest BCUT2D eigenvalue weighted by molar-refractivity contribution is -0.116. The molecule has 0 aliphatic heterocycles. The van der Waals surface area contributed by atoms with Gasteiger partial charge in [0.15, 0.2) is 0 Å². The standard InChI is InChI=1S/C21H25N5O.ClH/c1-14-4-6-17(7-5-14)13-26-16(3)19(15(2)25-26)9-11-21(27)24-18-8-10-20(22)23-12-18;/h4-8,10,12H,9,11,13H2,1-3H3,(H2,22,23)(H,24,27);1H. The molecule has 28 heavy (non-hydrogen) atoms. The van der Waals surface area contributed by atoms with Gasteiger partial charge >= 0.3 is 0 Å². The average molecular weight is 400 g/mol. The fourth-order valence-electron chi connectivity index (χ4n) is 3.06. The Balaban J connectivity index is 0.00000280. The SMILES string of the molecule is Cc1ccc(Cn2nc(C)c(CCC(=O)Nc3ccc(N)nc3)c2C)cc1.Cl. The van der Waals surface area contributed by atoms with E-state index in [1.165, 1.54) is 11.1 Å². The van der Waals surface area contributed by atoms with Crippen molar-refractivity contribution in [1.29, 1.82) is 0 Å². The highest BCUT2D eigenvalue weighted by atomic mass is 35.5. The van der Waals surface area contributed by atoms with Gasteiger partial charge in [-0.15, -0.1) is 12.4 Å². The molecular formula is C21H26ClN5O. The van der Waals surface area contributed by atoms with Crippen LogP contribution in [-0.2, 0) is 17.8 Å². The Morgan fingerprint density at radius 1 is 1.11 bits per heavy atom. The quantitative estimate of drug-likeness (QED) is 0.659. The summed E-state index contributed by atoms with van der Waals surface area (Å²) in [5.74, 6) is 0.381. The number of aromatic nitrogens is 3. The zero-order valence-corrected chi connectivity index (χ0v) is 17.2. The zero-order valence-electron chi connectivity index (χ0n) is 16.4. The van der Waals surface area contributed by atoms with E-state index in [4.69, 9.17) is 5.73 Å². The van der Waals surface area contributed by atoms with Gasteiger partial charge in [-0.05, 0) is 50.5 Å². The van der Waals surface area contributed by atoms with Crippen molar-refractivity contribution in [2.45, 2.75) is 40.2 Å². The fraction of sp³-hybridized carbons (Fsp3) is 0.286. The molecule has 2 heterocycles. The van der Waals surface area contributed by atoms with E-state index in [9.17, 15) is 4.79 Å². The number of carbonyl (C=O) groups is 1. The highest BCUT2D eigenvalue weighted by molar-refractivity contribution is 5.90. The molecule has 0 bridgehead atoms. The fourth-order valence-corrected chi connectivity index (χ4v) is 3.06. The first-order valence-corrected chi connectivity index (χ1v) is 9.02. The van der Waals surface area contributed by atoms with Crippen molar-refractivity contribution in [3.8, 4) is 0 Å². The predicted octanol–water partition coefficient (Wildman–Crippen LogP) is 3.83. The molecule has 0 atom stereocenters. The molecule has 0 aliphatic rings. The maximum absolute atomic E-state index is 12.2. The number of nitrogens with one attached hydrogen (secondary N) is 1. The number of anilines is 2. The summed E-state index contributed by atoms with van der Waals surface area (Å²) in [7, 11) is 0. The number of nitrogens with two attached hydrogens (primary N) is 1. The van der Waals surface area contributed by atoms with Crippen LogP contribution in [0.2, 0.25) is 0 Å². The predicted molar refractivity (Wildman–Crippen MR) is 115 cm³/mol. The minimum atomic E-state index is -0.0494. The second kappa shape index (κ2) is 9.37. The summed E-state index contributed by atoms with van der Waals surface area (Å²) in [6.45, 7) is 6.87. The van der Waals surface area contributed by atoms with E-state index in [2.05, 4.69) is 53.5 Å². The van der Waals surface area contributed by atoms with Crippen LogP contribution in [0.5, 0.6) is 0 Å². The Bertz CT molecular complexity index is 933. The Kier molecular flexibility index (Phi) is 7.18.